The van der Waals surface area contributed by atoms with Crippen LogP contribution >= 0.6 is 11.6 Å². The number of sulfonamides is 1. The molecule has 0 bridgehead atoms. The van der Waals surface area contributed by atoms with E-state index >= 15 is 0 Å². The van der Waals surface area contributed by atoms with E-state index in [4.69, 9.17) is 16.3 Å². The Morgan fingerprint density at radius 3 is 2.13 bits per heavy atom. The van der Waals surface area contributed by atoms with Crippen LogP contribution in [0.2, 0.25) is 5.02 Å². The van der Waals surface area contributed by atoms with Crippen molar-refractivity contribution >= 4 is 39.1 Å². The molecule has 1 unspecified atom stereocenters. The molecule has 0 aromatic heterocycles. The Bertz CT molecular complexity index is 1360. The van der Waals surface area contributed by atoms with E-state index in [-0.39, 0.29) is 17.3 Å². The molecule has 0 heterocycles. The van der Waals surface area contributed by atoms with Crippen LogP contribution in [0.25, 0.3) is 0 Å². The predicted molar refractivity (Wildman–Crippen MR) is 153 cm³/mol. The lowest BCUT2D eigenvalue weighted by molar-refractivity contribution is -0.139. The summed E-state index contributed by atoms with van der Waals surface area (Å²) in [5, 5.41) is 3.28. The molecule has 0 aliphatic heterocycles. The summed E-state index contributed by atoms with van der Waals surface area (Å²) < 4.78 is 34.3. The number of ether oxygens (including phenoxy) is 1. The number of carbonyl (C=O) groups excluding carboxylic acids is 2. The van der Waals surface area contributed by atoms with Gasteiger partial charge in [0.1, 0.15) is 18.3 Å². The Kier molecular flexibility index (Phi) is 10.4. The van der Waals surface area contributed by atoms with Gasteiger partial charge in [-0.25, -0.2) is 8.42 Å². The molecule has 39 heavy (non-hydrogen) atoms. The van der Waals surface area contributed by atoms with Gasteiger partial charge in [0.2, 0.25) is 11.8 Å². The van der Waals surface area contributed by atoms with E-state index in [1.54, 1.807) is 74.5 Å². The normalized spacial score (nSPS) is 11.9. The van der Waals surface area contributed by atoms with Gasteiger partial charge >= 0.3 is 0 Å². The number of nitrogens with one attached hydrogen (secondary N) is 1. The number of rotatable bonds is 12. The summed E-state index contributed by atoms with van der Waals surface area (Å²) in [5.74, 6) is -0.325. The number of hydrogen-bond acceptors (Lipinski definition) is 5. The zero-order valence-electron chi connectivity index (χ0n) is 22.6. The third kappa shape index (κ3) is 7.74. The lowest BCUT2D eigenvalue weighted by Gasteiger charge is -2.32. The van der Waals surface area contributed by atoms with Crippen molar-refractivity contribution in [3.8, 4) is 5.75 Å². The van der Waals surface area contributed by atoms with Crippen LogP contribution < -0.4 is 14.4 Å². The molecule has 3 rings (SSSR count). The van der Waals surface area contributed by atoms with Crippen LogP contribution in [-0.2, 0) is 26.2 Å². The van der Waals surface area contributed by atoms with Crippen LogP contribution in [0.3, 0.4) is 0 Å². The van der Waals surface area contributed by atoms with Crippen molar-refractivity contribution in [1.82, 2.24) is 10.2 Å². The van der Waals surface area contributed by atoms with Gasteiger partial charge in [-0.05, 0) is 81.8 Å². The van der Waals surface area contributed by atoms with Gasteiger partial charge in [-0.2, -0.15) is 0 Å². The van der Waals surface area contributed by atoms with Crippen molar-refractivity contribution in [3.05, 3.63) is 88.9 Å². The van der Waals surface area contributed by atoms with Crippen molar-refractivity contribution in [2.45, 2.75) is 45.2 Å². The molecule has 208 valence electrons. The Balaban J connectivity index is 2.00. The molecule has 10 heteroatoms. The minimum atomic E-state index is -4.15. The van der Waals surface area contributed by atoms with E-state index in [0.29, 0.717) is 29.6 Å². The van der Waals surface area contributed by atoms with Crippen LogP contribution in [0.15, 0.2) is 77.7 Å². The van der Waals surface area contributed by atoms with Gasteiger partial charge in [-0.15, -0.1) is 0 Å². The topological polar surface area (TPSA) is 96.0 Å². The molecule has 3 aromatic rings. The second-order valence-corrected chi connectivity index (χ2v) is 11.3. The molecule has 0 radical (unpaired) electrons. The maximum absolute atomic E-state index is 13.9. The van der Waals surface area contributed by atoms with E-state index in [1.807, 2.05) is 13.8 Å². The maximum atomic E-state index is 13.9. The predicted octanol–water partition coefficient (Wildman–Crippen LogP) is 4.80. The molecule has 0 aliphatic rings. The highest BCUT2D eigenvalue weighted by Crippen LogP contribution is 2.26. The Hall–Kier alpha value is -3.56. The lowest BCUT2D eigenvalue weighted by atomic mass is 10.1. The average Bonchev–Trinajstić information content (AvgIpc) is 2.92. The number of benzene rings is 3. The van der Waals surface area contributed by atoms with Gasteiger partial charge in [0.15, 0.2) is 0 Å². The highest BCUT2D eigenvalue weighted by Gasteiger charge is 2.32. The van der Waals surface area contributed by atoms with E-state index in [0.717, 1.165) is 15.4 Å². The fourth-order valence-corrected chi connectivity index (χ4v) is 5.47. The van der Waals surface area contributed by atoms with Crippen molar-refractivity contribution < 1.29 is 22.7 Å². The number of hydrogen-bond donors (Lipinski definition) is 1. The fraction of sp³-hybridized carbons (Fsp3) is 0.310. The molecule has 8 nitrogen and oxygen atoms in total. The van der Waals surface area contributed by atoms with Gasteiger partial charge in [0.25, 0.3) is 10.0 Å². The summed E-state index contributed by atoms with van der Waals surface area (Å²) in [6, 6.07) is 19.0. The summed E-state index contributed by atoms with van der Waals surface area (Å²) in [6.07, 6.45) is 0. The molecular weight excluding hydrogens is 538 g/mol. The largest absolute Gasteiger partial charge is 0.494 e. The highest BCUT2D eigenvalue weighted by molar-refractivity contribution is 7.92. The van der Waals surface area contributed by atoms with Crippen molar-refractivity contribution in [3.63, 3.8) is 0 Å². The first-order chi connectivity index (χ1) is 18.6. The summed E-state index contributed by atoms with van der Waals surface area (Å²) in [6.45, 7) is 7.58. The van der Waals surface area contributed by atoms with Gasteiger partial charge in [-0.1, -0.05) is 41.4 Å². The Morgan fingerprint density at radius 1 is 0.949 bits per heavy atom. The SMILES string of the molecule is CCNC(=O)C(C)N(Cc1ccc(Cl)cc1)C(=O)CN(c1ccc(C)cc1)S(=O)(=O)c1ccc(OCC)cc1. The fourth-order valence-electron chi connectivity index (χ4n) is 3.93. The number of amides is 2. The number of nitrogens with zero attached hydrogens (tertiary/aromatic N) is 2. The van der Waals surface area contributed by atoms with E-state index in [2.05, 4.69) is 5.32 Å². The Morgan fingerprint density at radius 2 is 1.56 bits per heavy atom. The molecule has 0 fully saturated rings. The number of anilines is 1. The molecule has 0 saturated carbocycles. The van der Waals surface area contributed by atoms with Crippen molar-refractivity contribution in [1.29, 1.82) is 0 Å². The van der Waals surface area contributed by atoms with Gasteiger partial charge in [0.05, 0.1) is 17.2 Å². The van der Waals surface area contributed by atoms with Crippen LogP contribution in [0.5, 0.6) is 5.75 Å². The number of carbonyl (C=O) groups is 2. The van der Waals surface area contributed by atoms with E-state index in [9.17, 15) is 18.0 Å². The molecule has 0 spiro atoms. The second-order valence-electron chi connectivity index (χ2n) is 8.97. The molecular formula is C29H34ClN3O5S. The van der Waals surface area contributed by atoms with Crippen LogP contribution in [0.4, 0.5) is 5.69 Å². The Labute approximate surface area is 235 Å². The standard InChI is InChI=1S/C29H34ClN3O5S/c1-5-31-29(35)22(4)32(19-23-9-11-24(30)12-10-23)28(34)20-33(25-13-7-21(3)8-14-25)39(36,37)27-17-15-26(16-18-27)38-6-2/h7-18,22H,5-6,19-20H2,1-4H3,(H,31,35). The molecule has 2 amide bonds. The van der Waals surface area contributed by atoms with Crippen molar-refractivity contribution in [2.75, 3.05) is 24.0 Å². The summed E-state index contributed by atoms with van der Waals surface area (Å²) >= 11 is 6.02. The first kappa shape index (κ1) is 30.0. The summed E-state index contributed by atoms with van der Waals surface area (Å²) in [5.41, 5.74) is 2.03. The number of aryl methyl sites for hydroxylation is 1. The monoisotopic (exact) mass is 571 g/mol. The first-order valence-corrected chi connectivity index (χ1v) is 14.5. The van der Waals surface area contributed by atoms with Gasteiger partial charge in [-0.3, -0.25) is 13.9 Å². The van der Waals surface area contributed by atoms with E-state index < -0.39 is 28.5 Å². The molecule has 0 aliphatic carbocycles. The minimum absolute atomic E-state index is 0.0142. The van der Waals surface area contributed by atoms with Crippen LogP contribution in [0, 0.1) is 6.92 Å². The summed E-state index contributed by atoms with van der Waals surface area (Å²) in [7, 11) is -4.15. The third-order valence-electron chi connectivity index (χ3n) is 6.11. The van der Waals surface area contributed by atoms with E-state index in [1.165, 1.54) is 17.0 Å². The average molecular weight is 572 g/mol. The second kappa shape index (κ2) is 13.5. The zero-order valence-corrected chi connectivity index (χ0v) is 24.1. The highest BCUT2D eigenvalue weighted by atomic mass is 35.5. The smallest absolute Gasteiger partial charge is 0.264 e. The molecule has 3 aromatic carbocycles. The van der Waals surface area contributed by atoms with Gasteiger partial charge in [0, 0.05) is 18.1 Å². The lowest BCUT2D eigenvalue weighted by Crippen LogP contribution is -2.51. The van der Waals surface area contributed by atoms with Crippen molar-refractivity contribution in [2.24, 2.45) is 0 Å². The first-order valence-electron chi connectivity index (χ1n) is 12.7. The minimum Gasteiger partial charge on any atom is -0.494 e. The maximum Gasteiger partial charge on any atom is 0.264 e. The number of halogens is 1. The zero-order chi connectivity index (χ0) is 28.6. The summed E-state index contributed by atoms with van der Waals surface area (Å²) in [4.78, 5) is 28.0. The van der Waals surface area contributed by atoms with Crippen LogP contribution in [0.1, 0.15) is 31.9 Å². The molecule has 0 saturated heterocycles. The van der Waals surface area contributed by atoms with Gasteiger partial charge < -0.3 is 15.0 Å². The third-order valence-corrected chi connectivity index (χ3v) is 8.15. The number of likely N-dealkylation sites (N-methyl/N-ethyl adjacent to an activating group) is 1. The molecule has 1 N–H and O–H groups in total. The molecule has 1 atom stereocenters. The van der Waals surface area contributed by atoms with Crippen LogP contribution in [-0.4, -0.2) is 50.9 Å². The quantitative estimate of drug-likeness (QED) is 0.337.